The molecule has 1 unspecified atom stereocenters. The molecule has 2 fully saturated rings. The summed E-state index contributed by atoms with van der Waals surface area (Å²) in [5, 5.41) is 0. The summed E-state index contributed by atoms with van der Waals surface area (Å²) < 4.78 is 5.40. The molecule has 0 aromatic rings. The Hall–Kier alpha value is -1.06. The van der Waals surface area contributed by atoms with Gasteiger partial charge in [0.2, 0.25) is 0 Å². The summed E-state index contributed by atoms with van der Waals surface area (Å²) in [5.41, 5.74) is -0.466. The number of carbonyl (C=O) groups excluding carboxylic acids is 2. The lowest BCUT2D eigenvalue weighted by molar-refractivity contribution is -0.123. The number of hydrogen-bond acceptors (Lipinski definition) is 3. The van der Waals surface area contributed by atoms with Crippen LogP contribution in [0, 0.1) is 5.92 Å². The van der Waals surface area contributed by atoms with Crippen LogP contribution in [0.25, 0.3) is 0 Å². The molecule has 0 radical (unpaired) electrons. The Kier molecular flexibility index (Phi) is 3.15. The van der Waals surface area contributed by atoms with Crippen LogP contribution in [0.5, 0.6) is 0 Å². The van der Waals surface area contributed by atoms with E-state index in [4.69, 9.17) is 4.74 Å². The molecule has 2 rings (SSSR count). The van der Waals surface area contributed by atoms with E-state index in [1.807, 2.05) is 20.8 Å². The molecule has 0 aromatic carbocycles. The molecule has 1 saturated carbocycles. The largest absolute Gasteiger partial charge is 0.444 e. The summed E-state index contributed by atoms with van der Waals surface area (Å²) in [6.07, 6.45) is 3.00. The zero-order chi connectivity index (χ0) is 12.6. The third kappa shape index (κ3) is 3.20. The highest BCUT2D eigenvalue weighted by Crippen LogP contribution is 2.39. The van der Waals surface area contributed by atoms with E-state index < -0.39 is 5.60 Å². The maximum absolute atomic E-state index is 12.1. The number of nitrogens with zero attached hydrogens (tertiary/aromatic N) is 1. The van der Waals surface area contributed by atoms with Crippen LogP contribution < -0.4 is 0 Å². The molecule has 4 nitrogen and oxygen atoms in total. The number of likely N-dealkylation sites (tertiary alicyclic amines) is 1. The standard InChI is InChI=1S/C13H21NO3/c1-13(2,3)17-12(16)14-7-6-10(15)8-11(14)9-4-5-9/h9,11H,4-8H2,1-3H3. The molecule has 1 amide bonds. The zero-order valence-corrected chi connectivity index (χ0v) is 10.9. The second-order valence-corrected chi connectivity index (χ2v) is 6.07. The van der Waals surface area contributed by atoms with E-state index in [-0.39, 0.29) is 17.9 Å². The molecule has 0 spiro atoms. The Morgan fingerprint density at radius 3 is 2.53 bits per heavy atom. The van der Waals surface area contributed by atoms with Gasteiger partial charge in [-0.05, 0) is 39.5 Å². The van der Waals surface area contributed by atoms with Crippen LogP contribution in [0.1, 0.15) is 46.5 Å². The van der Waals surface area contributed by atoms with Gasteiger partial charge in [-0.3, -0.25) is 4.79 Å². The number of carbonyl (C=O) groups is 2. The summed E-state index contributed by atoms with van der Waals surface area (Å²) >= 11 is 0. The first-order valence-electron chi connectivity index (χ1n) is 6.38. The second kappa shape index (κ2) is 4.31. The predicted molar refractivity (Wildman–Crippen MR) is 63.7 cm³/mol. The van der Waals surface area contributed by atoms with Crippen LogP contribution in [0.2, 0.25) is 0 Å². The normalized spacial score (nSPS) is 25.9. The molecule has 1 heterocycles. The van der Waals surface area contributed by atoms with Crippen molar-refractivity contribution in [1.29, 1.82) is 0 Å². The van der Waals surface area contributed by atoms with Crippen molar-refractivity contribution in [3.8, 4) is 0 Å². The van der Waals surface area contributed by atoms with Crippen molar-refractivity contribution in [2.24, 2.45) is 5.92 Å². The van der Waals surface area contributed by atoms with Crippen LogP contribution in [0.15, 0.2) is 0 Å². The fourth-order valence-electron chi connectivity index (χ4n) is 2.31. The Morgan fingerprint density at radius 2 is 2.00 bits per heavy atom. The van der Waals surface area contributed by atoms with E-state index in [0.29, 0.717) is 25.3 Å². The van der Waals surface area contributed by atoms with Crippen molar-refractivity contribution in [3.63, 3.8) is 0 Å². The summed E-state index contributed by atoms with van der Waals surface area (Å²) in [4.78, 5) is 25.3. The van der Waals surface area contributed by atoms with Gasteiger partial charge in [0, 0.05) is 25.4 Å². The van der Waals surface area contributed by atoms with E-state index in [0.717, 1.165) is 12.8 Å². The van der Waals surface area contributed by atoms with Crippen molar-refractivity contribution in [2.75, 3.05) is 6.54 Å². The quantitative estimate of drug-likeness (QED) is 0.705. The average molecular weight is 239 g/mol. The summed E-state index contributed by atoms with van der Waals surface area (Å²) in [6.45, 7) is 6.12. The Labute approximate surface area is 102 Å². The van der Waals surface area contributed by atoms with Crippen molar-refractivity contribution < 1.29 is 14.3 Å². The molecule has 0 N–H and O–H groups in total. The summed E-state index contributed by atoms with van der Waals surface area (Å²) in [6, 6.07) is 0.0890. The number of Topliss-reactive ketones (excluding diaryl/α,β-unsaturated/α-hetero) is 1. The fraction of sp³-hybridized carbons (Fsp3) is 0.846. The van der Waals surface area contributed by atoms with E-state index >= 15 is 0 Å². The number of rotatable bonds is 1. The van der Waals surface area contributed by atoms with E-state index in [1.54, 1.807) is 4.90 Å². The predicted octanol–water partition coefficient (Wildman–Crippen LogP) is 2.37. The van der Waals surface area contributed by atoms with Crippen molar-refractivity contribution >= 4 is 11.9 Å². The van der Waals surface area contributed by atoms with Gasteiger partial charge < -0.3 is 9.64 Å². The van der Waals surface area contributed by atoms with Crippen LogP contribution >= 0.6 is 0 Å². The average Bonchev–Trinajstić information content (AvgIpc) is 2.97. The van der Waals surface area contributed by atoms with Crippen molar-refractivity contribution in [2.45, 2.75) is 58.1 Å². The summed E-state index contributed by atoms with van der Waals surface area (Å²) in [7, 11) is 0. The number of ketones is 1. The Bertz CT molecular complexity index is 328. The van der Waals surface area contributed by atoms with E-state index in [2.05, 4.69) is 0 Å². The van der Waals surface area contributed by atoms with Crippen LogP contribution in [-0.4, -0.2) is 35.0 Å². The highest BCUT2D eigenvalue weighted by Gasteiger charge is 2.42. The highest BCUT2D eigenvalue weighted by atomic mass is 16.6. The van der Waals surface area contributed by atoms with Gasteiger partial charge in [-0.15, -0.1) is 0 Å². The molecule has 0 aromatic heterocycles. The molecule has 4 heteroatoms. The highest BCUT2D eigenvalue weighted by molar-refractivity contribution is 5.82. The van der Waals surface area contributed by atoms with Gasteiger partial charge in [0.05, 0.1) is 0 Å². The Balaban J connectivity index is 2.02. The van der Waals surface area contributed by atoms with Crippen LogP contribution in [0.3, 0.4) is 0 Å². The molecule has 96 valence electrons. The minimum Gasteiger partial charge on any atom is -0.444 e. The topological polar surface area (TPSA) is 46.6 Å². The zero-order valence-electron chi connectivity index (χ0n) is 10.9. The fourth-order valence-corrected chi connectivity index (χ4v) is 2.31. The molecule has 17 heavy (non-hydrogen) atoms. The van der Waals surface area contributed by atoms with Crippen LogP contribution in [-0.2, 0) is 9.53 Å². The third-order valence-corrected chi connectivity index (χ3v) is 3.26. The summed E-state index contributed by atoms with van der Waals surface area (Å²) in [5.74, 6) is 0.800. The maximum Gasteiger partial charge on any atom is 0.410 e. The smallest absolute Gasteiger partial charge is 0.410 e. The molecule has 0 bridgehead atoms. The van der Waals surface area contributed by atoms with Crippen molar-refractivity contribution in [1.82, 2.24) is 4.90 Å². The molecule has 2 aliphatic rings. The van der Waals surface area contributed by atoms with Gasteiger partial charge in [-0.1, -0.05) is 0 Å². The number of piperidine rings is 1. The molecule has 1 aliphatic heterocycles. The number of hydrogen-bond donors (Lipinski definition) is 0. The molecule has 1 atom stereocenters. The molecule has 1 saturated heterocycles. The monoisotopic (exact) mass is 239 g/mol. The van der Waals surface area contributed by atoms with Crippen molar-refractivity contribution in [3.05, 3.63) is 0 Å². The van der Waals surface area contributed by atoms with Gasteiger partial charge in [-0.25, -0.2) is 4.79 Å². The Morgan fingerprint density at radius 1 is 1.35 bits per heavy atom. The molecule has 1 aliphatic carbocycles. The molecular formula is C13H21NO3. The lowest BCUT2D eigenvalue weighted by atomic mass is 9.97. The SMILES string of the molecule is CC(C)(C)OC(=O)N1CCC(=O)CC1C1CC1. The van der Waals surface area contributed by atoms with Crippen LogP contribution in [0.4, 0.5) is 4.79 Å². The number of ether oxygens (including phenoxy) is 1. The van der Waals surface area contributed by atoms with Gasteiger partial charge in [0.15, 0.2) is 0 Å². The first kappa shape index (κ1) is 12.4. The van der Waals surface area contributed by atoms with Gasteiger partial charge in [-0.2, -0.15) is 0 Å². The first-order chi connectivity index (χ1) is 7.87. The van der Waals surface area contributed by atoms with E-state index in [9.17, 15) is 9.59 Å². The first-order valence-corrected chi connectivity index (χ1v) is 6.38. The van der Waals surface area contributed by atoms with Gasteiger partial charge >= 0.3 is 6.09 Å². The van der Waals surface area contributed by atoms with Gasteiger partial charge in [0.25, 0.3) is 0 Å². The van der Waals surface area contributed by atoms with Gasteiger partial charge in [0.1, 0.15) is 11.4 Å². The lowest BCUT2D eigenvalue weighted by Crippen LogP contribution is -2.49. The lowest BCUT2D eigenvalue weighted by Gasteiger charge is -2.36. The third-order valence-electron chi connectivity index (χ3n) is 3.26. The van der Waals surface area contributed by atoms with E-state index in [1.165, 1.54) is 0 Å². The minimum absolute atomic E-state index is 0.0890. The number of amides is 1. The maximum atomic E-state index is 12.1. The molecular weight excluding hydrogens is 218 g/mol. The second-order valence-electron chi connectivity index (χ2n) is 6.07. The minimum atomic E-state index is -0.466.